The Morgan fingerprint density at radius 1 is 1.14 bits per heavy atom. The van der Waals surface area contributed by atoms with Gasteiger partial charge in [0, 0.05) is 24.2 Å². The first-order valence-corrected chi connectivity index (χ1v) is 9.03. The number of aryl methyl sites for hydroxylation is 2. The summed E-state index contributed by atoms with van der Waals surface area (Å²) in [5.41, 5.74) is 5.46. The quantitative estimate of drug-likeness (QED) is 0.521. The van der Waals surface area contributed by atoms with E-state index >= 15 is 0 Å². The average Bonchev–Trinajstić information content (AvgIpc) is 3.39. The zero-order valence-corrected chi connectivity index (χ0v) is 15.8. The van der Waals surface area contributed by atoms with Crippen LogP contribution in [0.25, 0.3) is 27.7 Å². The minimum absolute atomic E-state index is 0.231. The third-order valence-corrected chi connectivity index (χ3v) is 4.75. The summed E-state index contributed by atoms with van der Waals surface area (Å²) in [4.78, 5) is 4.67. The number of hydrogen-bond donors (Lipinski definition) is 1. The van der Waals surface area contributed by atoms with Gasteiger partial charge in [0.2, 0.25) is 0 Å². The van der Waals surface area contributed by atoms with Crippen LogP contribution in [0.3, 0.4) is 0 Å². The van der Waals surface area contributed by atoms with Crippen LogP contribution < -0.4 is 4.74 Å². The Morgan fingerprint density at radius 3 is 2.86 bits per heavy atom. The van der Waals surface area contributed by atoms with Crippen LogP contribution in [0.2, 0.25) is 0 Å². The number of benzene rings is 1. The highest BCUT2D eigenvalue weighted by Gasteiger charge is 2.16. The molecule has 8 nitrogen and oxygen atoms in total. The Morgan fingerprint density at radius 2 is 2.04 bits per heavy atom. The number of ether oxygens (including phenoxy) is 1. The monoisotopic (exact) mass is 373 g/mol. The van der Waals surface area contributed by atoms with Crippen molar-refractivity contribution in [1.82, 2.24) is 34.6 Å². The van der Waals surface area contributed by atoms with Gasteiger partial charge in [-0.3, -0.25) is 14.8 Å². The van der Waals surface area contributed by atoms with Crippen molar-refractivity contribution in [2.75, 3.05) is 0 Å². The maximum absolute atomic E-state index is 6.24. The predicted octanol–water partition coefficient (Wildman–Crippen LogP) is 3.45. The van der Waals surface area contributed by atoms with Gasteiger partial charge >= 0.3 is 0 Å². The molecule has 1 N–H and O–H groups in total. The van der Waals surface area contributed by atoms with Crippen LogP contribution in [0.1, 0.15) is 24.4 Å². The third kappa shape index (κ3) is 2.70. The maximum Gasteiger partial charge on any atom is 0.140 e. The number of H-pyrrole nitrogens is 1. The van der Waals surface area contributed by atoms with E-state index in [1.165, 1.54) is 0 Å². The van der Waals surface area contributed by atoms with Gasteiger partial charge in [0.05, 0.1) is 35.3 Å². The molecule has 0 saturated carbocycles. The Labute approximate surface area is 160 Å². The van der Waals surface area contributed by atoms with E-state index in [1.807, 2.05) is 62.1 Å². The van der Waals surface area contributed by atoms with Crippen molar-refractivity contribution in [1.29, 1.82) is 0 Å². The van der Waals surface area contributed by atoms with Gasteiger partial charge in [-0.2, -0.15) is 15.3 Å². The summed E-state index contributed by atoms with van der Waals surface area (Å²) in [6, 6.07) is 7.86. The standard InChI is InChI=1S/C20H19N7O/c1-12-10-27-18(6-7-21-27)19(23-12)13(2)28-15-4-5-17-16(8-15)20(25-24-17)14-9-22-26(3)11-14/h4-11,13H,1-3H3,(H,24,25). The van der Waals surface area contributed by atoms with E-state index in [0.717, 1.165) is 44.8 Å². The van der Waals surface area contributed by atoms with Crippen LogP contribution in [0, 0.1) is 6.92 Å². The second-order valence-electron chi connectivity index (χ2n) is 6.87. The minimum atomic E-state index is -0.231. The molecule has 0 radical (unpaired) electrons. The normalized spacial score (nSPS) is 12.7. The lowest BCUT2D eigenvalue weighted by atomic mass is 10.1. The predicted molar refractivity (Wildman–Crippen MR) is 105 cm³/mol. The number of nitrogens with zero attached hydrogens (tertiary/aromatic N) is 6. The van der Waals surface area contributed by atoms with E-state index in [9.17, 15) is 0 Å². The molecular weight excluding hydrogens is 354 g/mol. The summed E-state index contributed by atoms with van der Waals surface area (Å²) >= 11 is 0. The molecule has 5 aromatic rings. The van der Waals surface area contributed by atoms with E-state index in [2.05, 4.69) is 25.4 Å². The Balaban J connectivity index is 1.52. The van der Waals surface area contributed by atoms with E-state index in [-0.39, 0.29) is 6.10 Å². The highest BCUT2D eigenvalue weighted by Crippen LogP contribution is 2.31. The number of nitrogens with one attached hydrogen (secondary N) is 1. The number of aromatic amines is 1. The molecule has 1 unspecified atom stereocenters. The van der Waals surface area contributed by atoms with Gasteiger partial charge in [-0.15, -0.1) is 0 Å². The topological polar surface area (TPSA) is 85.9 Å². The van der Waals surface area contributed by atoms with Crippen molar-refractivity contribution in [3.05, 3.63) is 60.4 Å². The fourth-order valence-electron chi connectivity index (χ4n) is 3.46. The number of fused-ring (bicyclic) bond motifs is 2. The smallest absolute Gasteiger partial charge is 0.140 e. The Kier molecular flexibility index (Phi) is 3.65. The molecule has 1 aromatic carbocycles. The molecule has 8 heteroatoms. The summed E-state index contributed by atoms with van der Waals surface area (Å²) in [6.07, 6.45) is 7.19. The SMILES string of the molecule is Cc1cn2nccc2c(C(C)Oc2ccc3[nH]nc(-c4cnn(C)c4)c3c2)n1. The van der Waals surface area contributed by atoms with Crippen LogP contribution >= 0.6 is 0 Å². The lowest BCUT2D eigenvalue weighted by Gasteiger charge is -2.16. The fraction of sp³-hybridized carbons (Fsp3) is 0.200. The first-order valence-electron chi connectivity index (χ1n) is 9.03. The van der Waals surface area contributed by atoms with Crippen molar-refractivity contribution in [2.45, 2.75) is 20.0 Å². The summed E-state index contributed by atoms with van der Waals surface area (Å²) in [7, 11) is 1.89. The van der Waals surface area contributed by atoms with Gasteiger partial charge in [-0.05, 0) is 38.1 Å². The summed E-state index contributed by atoms with van der Waals surface area (Å²) < 4.78 is 9.83. The molecule has 0 aliphatic carbocycles. The summed E-state index contributed by atoms with van der Waals surface area (Å²) in [6.45, 7) is 3.95. The minimum Gasteiger partial charge on any atom is -0.484 e. The molecule has 0 bridgehead atoms. The Bertz CT molecular complexity index is 1300. The molecule has 0 amide bonds. The summed E-state index contributed by atoms with van der Waals surface area (Å²) in [5, 5.41) is 17.1. The van der Waals surface area contributed by atoms with Gasteiger partial charge in [-0.25, -0.2) is 4.52 Å². The van der Waals surface area contributed by atoms with E-state index < -0.39 is 0 Å². The number of aromatic nitrogens is 7. The second-order valence-corrected chi connectivity index (χ2v) is 6.87. The Hall–Kier alpha value is -3.68. The molecule has 4 aromatic heterocycles. The second kappa shape index (κ2) is 6.19. The fourth-order valence-corrected chi connectivity index (χ4v) is 3.46. The van der Waals surface area contributed by atoms with E-state index in [0.29, 0.717) is 0 Å². The van der Waals surface area contributed by atoms with Crippen LogP contribution in [0.15, 0.2) is 49.1 Å². The average molecular weight is 373 g/mol. The van der Waals surface area contributed by atoms with Crippen molar-refractivity contribution in [3.8, 4) is 17.0 Å². The molecule has 5 rings (SSSR count). The molecule has 28 heavy (non-hydrogen) atoms. The highest BCUT2D eigenvalue weighted by atomic mass is 16.5. The molecule has 4 heterocycles. The lowest BCUT2D eigenvalue weighted by Crippen LogP contribution is -2.09. The van der Waals surface area contributed by atoms with Gasteiger partial charge in [-0.1, -0.05) is 0 Å². The number of rotatable bonds is 4. The number of hydrogen-bond acceptors (Lipinski definition) is 5. The van der Waals surface area contributed by atoms with Gasteiger partial charge in [0.25, 0.3) is 0 Å². The molecule has 0 aliphatic heterocycles. The molecule has 0 fully saturated rings. The zero-order chi connectivity index (χ0) is 19.3. The summed E-state index contributed by atoms with van der Waals surface area (Å²) in [5.74, 6) is 0.757. The molecule has 140 valence electrons. The van der Waals surface area contributed by atoms with Crippen LogP contribution in [-0.4, -0.2) is 34.6 Å². The van der Waals surface area contributed by atoms with Gasteiger partial charge in [0.15, 0.2) is 0 Å². The highest BCUT2D eigenvalue weighted by molar-refractivity contribution is 5.93. The molecule has 0 aliphatic rings. The van der Waals surface area contributed by atoms with Crippen molar-refractivity contribution in [2.24, 2.45) is 7.05 Å². The third-order valence-electron chi connectivity index (χ3n) is 4.75. The molecule has 0 spiro atoms. The maximum atomic E-state index is 6.24. The molecule has 0 saturated heterocycles. The zero-order valence-electron chi connectivity index (χ0n) is 15.8. The first kappa shape index (κ1) is 16.5. The van der Waals surface area contributed by atoms with Crippen LogP contribution in [0.5, 0.6) is 5.75 Å². The van der Waals surface area contributed by atoms with Crippen LogP contribution in [-0.2, 0) is 7.05 Å². The van der Waals surface area contributed by atoms with Crippen molar-refractivity contribution < 1.29 is 4.74 Å². The van der Waals surface area contributed by atoms with Crippen LogP contribution in [0.4, 0.5) is 0 Å². The molecular formula is C20H19N7O. The largest absolute Gasteiger partial charge is 0.484 e. The first-order chi connectivity index (χ1) is 13.6. The molecule has 1 atom stereocenters. The lowest BCUT2D eigenvalue weighted by molar-refractivity contribution is 0.223. The van der Waals surface area contributed by atoms with Crippen molar-refractivity contribution >= 4 is 16.4 Å². The van der Waals surface area contributed by atoms with Crippen molar-refractivity contribution in [3.63, 3.8) is 0 Å². The van der Waals surface area contributed by atoms with Gasteiger partial charge < -0.3 is 4.74 Å². The van der Waals surface area contributed by atoms with E-state index in [1.54, 1.807) is 17.1 Å². The van der Waals surface area contributed by atoms with Gasteiger partial charge in [0.1, 0.15) is 23.2 Å². The van der Waals surface area contributed by atoms with E-state index in [4.69, 9.17) is 4.74 Å².